The normalized spacial score (nSPS) is 16.7. The van der Waals surface area contributed by atoms with Crippen LogP contribution in [-0.4, -0.2) is 31.8 Å². The van der Waals surface area contributed by atoms with Crippen LogP contribution in [0.2, 0.25) is 0 Å². The molecular weight excluding hydrogens is 243 g/mol. The summed E-state index contributed by atoms with van der Waals surface area (Å²) in [5, 5.41) is 3.42. The lowest BCUT2D eigenvalue weighted by Gasteiger charge is -2.31. The molecule has 0 amide bonds. The van der Waals surface area contributed by atoms with E-state index in [0.29, 0.717) is 6.54 Å². The summed E-state index contributed by atoms with van der Waals surface area (Å²) in [6.45, 7) is 10.2. The minimum Gasteiger partial charge on any atom is -0.378 e. The topological polar surface area (TPSA) is 24.5 Å². The Balaban J connectivity index is 2.17. The molecule has 0 aliphatic carbocycles. The van der Waals surface area contributed by atoms with E-state index in [1.807, 2.05) is 6.07 Å². The monoisotopic (exact) mass is 266 g/mol. The Morgan fingerprint density at radius 2 is 1.95 bits per heavy atom. The van der Waals surface area contributed by atoms with Crippen LogP contribution in [-0.2, 0) is 11.3 Å². The van der Waals surface area contributed by atoms with Gasteiger partial charge in [0.15, 0.2) is 0 Å². The summed E-state index contributed by atoms with van der Waals surface area (Å²) in [5.74, 6) is -0.178. The maximum Gasteiger partial charge on any atom is 0.123 e. The molecule has 1 saturated heterocycles. The highest BCUT2D eigenvalue weighted by Crippen LogP contribution is 2.23. The number of ether oxygens (including phenoxy) is 1. The van der Waals surface area contributed by atoms with Crippen LogP contribution >= 0.6 is 0 Å². The zero-order valence-electron chi connectivity index (χ0n) is 12.0. The van der Waals surface area contributed by atoms with Crippen molar-refractivity contribution in [1.29, 1.82) is 0 Å². The molecule has 1 aromatic carbocycles. The SMILES string of the molecule is CC(C)(C)NCc1cc(F)ccc1N1CCOCC1. The molecule has 1 heterocycles. The maximum atomic E-state index is 13.5. The lowest BCUT2D eigenvalue weighted by molar-refractivity contribution is 0.122. The predicted molar refractivity (Wildman–Crippen MR) is 76.0 cm³/mol. The summed E-state index contributed by atoms with van der Waals surface area (Å²) in [6.07, 6.45) is 0. The van der Waals surface area contributed by atoms with E-state index in [4.69, 9.17) is 4.74 Å². The van der Waals surface area contributed by atoms with Gasteiger partial charge in [-0.2, -0.15) is 0 Å². The number of morpholine rings is 1. The van der Waals surface area contributed by atoms with E-state index in [-0.39, 0.29) is 11.4 Å². The number of nitrogens with one attached hydrogen (secondary N) is 1. The molecule has 1 fully saturated rings. The molecule has 0 atom stereocenters. The smallest absolute Gasteiger partial charge is 0.123 e. The van der Waals surface area contributed by atoms with Crippen molar-refractivity contribution >= 4 is 5.69 Å². The third-order valence-electron chi connectivity index (χ3n) is 3.20. The third-order valence-corrected chi connectivity index (χ3v) is 3.20. The molecule has 0 aromatic heterocycles. The fourth-order valence-electron chi connectivity index (χ4n) is 2.17. The molecule has 2 rings (SSSR count). The van der Waals surface area contributed by atoms with Crippen molar-refractivity contribution in [3.8, 4) is 0 Å². The van der Waals surface area contributed by atoms with Crippen LogP contribution in [0, 0.1) is 5.82 Å². The zero-order chi connectivity index (χ0) is 13.9. The molecule has 3 nitrogen and oxygen atoms in total. The molecule has 106 valence electrons. The van der Waals surface area contributed by atoms with Crippen molar-refractivity contribution in [2.75, 3.05) is 31.2 Å². The van der Waals surface area contributed by atoms with Gasteiger partial charge in [0, 0.05) is 30.9 Å². The van der Waals surface area contributed by atoms with Crippen LogP contribution in [0.5, 0.6) is 0 Å². The van der Waals surface area contributed by atoms with Crippen molar-refractivity contribution in [2.45, 2.75) is 32.9 Å². The highest BCUT2D eigenvalue weighted by Gasteiger charge is 2.17. The molecule has 0 unspecified atom stereocenters. The fraction of sp³-hybridized carbons (Fsp3) is 0.600. The Bertz CT molecular complexity index is 423. The summed E-state index contributed by atoms with van der Waals surface area (Å²) in [7, 11) is 0. The van der Waals surface area contributed by atoms with Gasteiger partial charge in [0.1, 0.15) is 5.82 Å². The summed E-state index contributed by atoms with van der Waals surface area (Å²) in [6, 6.07) is 5.04. The molecule has 0 radical (unpaired) electrons. The molecule has 1 aliphatic rings. The Morgan fingerprint density at radius 3 is 2.58 bits per heavy atom. The van der Waals surface area contributed by atoms with Crippen molar-refractivity contribution < 1.29 is 9.13 Å². The summed E-state index contributed by atoms with van der Waals surface area (Å²) in [4.78, 5) is 2.27. The quantitative estimate of drug-likeness (QED) is 0.910. The largest absolute Gasteiger partial charge is 0.378 e. The van der Waals surface area contributed by atoms with Crippen LogP contribution in [0.15, 0.2) is 18.2 Å². The Hall–Kier alpha value is -1.13. The van der Waals surface area contributed by atoms with Gasteiger partial charge in [-0.05, 0) is 44.5 Å². The Morgan fingerprint density at radius 1 is 1.26 bits per heavy atom. The third kappa shape index (κ3) is 4.18. The molecule has 19 heavy (non-hydrogen) atoms. The number of halogens is 1. The summed E-state index contributed by atoms with van der Waals surface area (Å²) in [5.41, 5.74) is 2.15. The standard InChI is InChI=1S/C15H23FN2O/c1-15(2,3)17-11-12-10-13(16)4-5-14(12)18-6-8-19-9-7-18/h4-5,10,17H,6-9,11H2,1-3H3. The van der Waals surface area contributed by atoms with Gasteiger partial charge >= 0.3 is 0 Å². The van der Waals surface area contributed by atoms with Crippen molar-refractivity contribution in [1.82, 2.24) is 5.32 Å². The van der Waals surface area contributed by atoms with Gasteiger partial charge in [-0.15, -0.1) is 0 Å². The van der Waals surface area contributed by atoms with E-state index >= 15 is 0 Å². The van der Waals surface area contributed by atoms with Crippen LogP contribution in [0.1, 0.15) is 26.3 Å². The lowest BCUT2D eigenvalue weighted by Crippen LogP contribution is -2.38. The molecule has 4 heteroatoms. The van der Waals surface area contributed by atoms with E-state index in [1.165, 1.54) is 6.07 Å². The van der Waals surface area contributed by atoms with Crippen LogP contribution in [0.4, 0.5) is 10.1 Å². The molecule has 1 aromatic rings. The second-order valence-electron chi connectivity index (χ2n) is 5.98. The maximum absolute atomic E-state index is 13.5. The van der Waals surface area contributed by atoms with Gasteiger partial charge in [-0.1, -0.05) is 0 Å². The van der Waals surface area contributed by atoms with E-state index in [0.717, 1.165) is 37.6 Å². The fourth-order valence-corrected chi connectivity index (χ4v) is 2.17. The summed E-state index contributed by atoms with van der Waals surface area (Å²) < 4.78 is 18.8. The molecule has 1 aliphatic heterocycles. The van der Waals surface area contributed by atoms with Crippen LogP contribution in [0.3, 0.4) is 0 Å². The van der Waals surface area contributed by atoms with Gasteiger partial charge in [0.2, 0.25) is 0 Å². The molecule has 0 spiro atoms. The van der Waals surface area contributed by atoms with E-state index < -0.39 is 0 Å². The lowest BCUT2D eigenvalue weighted by atomic mass is 10.1. The Kier molecular flexibility index (Phi) is 4.42. The predicted octanol–water partition coefficient (Wildman–Crippen LogP) is 2.55. The number of nitrogens with zero attached hydrogens (tertiary/aromatic N) is 1. The van der Waals surface area contributed by atoms with Crippen LogP contribution in [0.25, 0.3) is 0 Å². The zero-order valence-corrected chi connectivity index (χ0v) is 12.0. The molecule has 1 N–H and O–H groups in total. The Labute approximate surface area is 114 Å². The summed E-state index contributed by atoms with van der Waals surface area (Å²) >= 11 is 0. The number of rotatable bonds is 3. The first-order chi connectivity index (χ1) is 8.96. The van der Waals surface area contributed by atoms with Crippen LogP contribution < -0.4 is 10.2 Å². The first kappa shape index (κ1) is 14.3. The number of anilines is 1. The second-order valence-corrected chi connectivity index (χ2v) is 5.98. The molecular formula is C15H23FN2O. The van der Waals surface area contributed by atoms with E-state index in [1.54, 1.807) is 6.07 Å². The van der Waals surface area contributed by atoms with Gasteiger partial charge < -0.3 is 15.0 Å². The van der Waals surface area contributed by atoms with E-state index in [2.05, 4.69) is 31.0 Å². The minimum absolute atomic E-state index is 0.0224. The molecule has 0 bridgehead atoms. The second kappa shape index (κ2) is 5.88. The van der Waals surface area contributed by atoms with Crippen molar-refractivity contribution in [2.24, 2.45) is 0 Å². The van der Waals surface area contributed by atoms with Crippen molar-refractivity contribution in [3.05, 3.63) is 29.6 Å². The number of benzene rings is 1. The van der Waals surface area contributed by atoms with E-state index in [9.17, 15) is 4.39 Å². The van der Waals surface area contributed by atoms with Gasteiger partial charge in [0.25, 0.3) is 0 Å². The number of hydrogen-bond donors (Lipinski definition) is 1. The highest BCUT2D eigenvalue weighted by atomic mass is 19.1. The van der Waals surface area contributed by atoms with Gasteiger partial charge in [0.05, 0.1) is 13.2 Å². The average Bonchev–Trinajstić information content (AvgIpc) is 2.37. The average molecular weight is 266 g/mol. The van der Waals surface area contributed by atoms with Crippen molar-refractivity contribution in [3.63, 3.8) is 0 Å². The van der Waals surface area contributed by atoms with Gasteiger partial charge in [-0.3, -0.25) is 0 Å². The first-order valence-electron chi connectivity index (χ1n) is 6.82. The first-order valence-corrected chi connectivity index (χ1v) is 6.82. The minimum atomic E-state index is -0.178. The van der Waals surface area contributed by atoms with Gasteiger partial charge in [-0.25, -0.2) is 4.39 Å². The molecule has 0 saturated carbocycles. The number of hydrogen-bond acceptors (Lipinski definition) is 3. The highest BCUT2D eigenvalue weighted by molar-refractivity contribution is 5.54.